The summed E-state index contributed by atoms with van der Waals surface area (Å²) >= 11 is 5.66. The Labute approximate surface area is 123 Å². The molecule has 0 aliphatic carbocycles. The molecule has 1 atom stereocenters. The largest absolute Gasteiger partial charge is 0.371 e. The Balaban J connectivity index is 2.15. The second-order valence-electron chi connectivity index (χ2n) is 5.04. The number of thioether (sulfide) groups is 1. The van der Waals surface area contributed by atoms with Gasteiger partial charge in [0.2, 0.25) is 0 Å². The van der Waals surface area contributed by atoms with Crippen molar-refractivity contribution in [2.45, 2.75) is 36.8 Å². The third-order valence-corrected chi connectivity index (χ3v) is 5.47. The number of alkyl halides is 1. The lowest BCUT2D eigenvalue weighted by Gasteiger charge is -2.25. The minimum Gasteiger partial charge on any atom is -0.371 e. The highest BCUT2D eigenvalue weighted by Gasteiger charge is 2.18. The van der Waals surface area contributed by atoms with Crippen LogP contribution in [0.4, 0.5) is 5.69 Å². The van der Waals surface area contributed by atoms with E-state index in [4.69, 9.17) is 0 Å². The van der Waals surface area contributed by atoms with Gasteiger partial charge in [-0.3, -0.25) is 0 Å². The van der Waals surface area contributed by atoms with Gasteiger partial charge in [-0.05, 0) is 44.1 Å². The van der Waals surface area contributed by atoms with E-state index in [-0.39, 0.29) is 0 Å². The number of benzene rings is 1. The SMILES string of the molecule is CSC1CCCN(c2ccc(C)cc2CBr)CC1. The van der Waals surface area contributed by atoms with Gasteiger partial charge in [-0.15, -0.1) is 0 Å². The smallest absolute Gasteiger partial charge is 0.0407 e. The van der Waals surface area contributed by atoms with Gasteiger partial charge in [0.15, 0.2) is 0 Å². The molecule has 0 spiro atoms. The molecule has 1 unspecified atom stereocenters. The maximum Gasteiger partial charge on any atom is 0.0407 e. The number of nitrogens with zero attached hydrogens (tertiary/aromatic N) is 1. The predicted molar refractivity (Wildman–Crippen MR) is 87.2 cm³/mol. The molecule has 3 heteroatoms. The zero-order valence-corrected chi connectivity index (χ0v) is 13.7. The van der Waals surface area contributed by atoms with Crippen molar-refractivity contribution in [1.82, 2.24) is 0 Å². The van der Waals surface area contributed by atoms with Crippen LogP contribution in [0.15, 0.2) is 18.2 Å². The van der Waals surface area contributed by atoms with E-state index in [2.05, 4.69) is 52.2 Å². The van der Waals surface area contributed by atoms with Crippen LogP contribution in [0, 0.1) is 6.92 Å². The van der Waals surface area contributed by atoms with E-state index in [0.717, 1.165) is 10.6 Å². The second-order valence-corrected chi connectivity index (χ2v) is 6.74. The van der Waals surface area contributed by atoms with Crippen LogP contribution in [-0.4, -0.2) is 24.6 Å². The molecule has 0 aromatic heterocycles. The first-order valence-corrected chi connectivity index (χ1v) is 9.08. The van der Waals surface area contributed by atoms with Crippen molar-refractivity contribution in [1.29, 1.82) is 0 Å². The third-order valence-electron chi connectivity index (χ3n) is 3.73. The summed E-state index contributed by atoms with van der Waals surface area (Å²) < 4.78 is 0. The fourth-order valence-corrected chi connectivity index (χ4v) is 3.86. The molecule has 1 aromatic rings. The Morgan fingerprint density at radius 1 is 1.33 bits per heavy atom. The van der Waals surface area contributed by atoms with Crippen molar-refractivity contribution in [2.75, 3.05) is 24.2 Å². The molecule has 0 bridgehead atoms. The first kappa shape index (κ1) is 14.3. The molecule has 0 N–H and O–H groups in total. The van der Waals surface area contributed by atoms with Gasteiger partial charge < -0.3 is 4.90 Å². The summed E-state index contributed by atoms with van der Waals surface area (Å²) in [5.41, 5.74) is 4.21. The molecular formula is C15H22BrNS. The number of halogens is 1. The summed E-state index contributed by atoms with van der Waals surface area (Å²) in [6.07, 6.45) is 6.25. The van der Waals surface area contributed by atoms with E-state index in [1.165, 1.54) is 49.2 Å². The van der Waals surface area contributed by atoms with Crippen molar-refractivity contribution in [3.8, 4) is 0 Å². The number of rotatable bonds is 3. The summed E-state index contributed by atoms with van der Waals surface area (Å²) in [5, 5.41) is 1.81. The van der Waals surface area contributed by atoms with Crippen molar-refractivity contribution in [3.63, 3.8) is 0 Å². The molecule has 100 valence electrons. The Bertz CT molecular complexity index is 394. The summed E-state index contributed by atoms with van der Waals surface area (Å²) in [5.74, 6) is 0. The maximum absolute atomic E-state index is 3.62. The molecule has 0 amide bonds. The minimum atomic E-state index is 0.855. The predicted octanol–water partition coefficient (Wildman–Crippen LogP) is 4.61. The van der Waals surface area contributed by atoms with Gasteiger partial charge in [0, 0.05) is 29.4 Å². The Morgan fingerprint density at radius 2 is 2.17 bits per heavy atom. The number of hydrogen-bond donors (Lipinski definition) is 0. The van der Waals surface area contributed by atoms with Crippen molar-refractivity contribution in [2.24, 2.45) is 0 Å². The summed E-state index contributed by atoms with van der Waals surface area (Å²) in [7, 11) is 0. The summed E-state index contributed by atoms with van der Waals surface area (Å²) in [6.45, 7) is 4.58. The lowest BCUT2D eigenvalue weighted by molar-refractivity contribution is 0.745. The average Bonchev–Trinajstić information content (AvgIpc) is 2.63. The van der Waals surface area contributed by atoms with Gasteiger partial charge in [-0.25, -0.2) is 0 Å². The van der Waals surface area contributed by atoms with E-state index in [0.29, 0.717) is 0 Å². The van der Waals surface area contributed by atoms with Gasteiger partial charge in [-0.1, -0.05) is 33.6 Å². The van der Waals surface area contributed by atoms with Crippen molar-refractivity contribution in [3.05, 3.63) is 29.3 Å². The molecule has 2 rings (SSSR count). The monoisotopic (exact) mass is 327 g/mol. The van der Waals surface area contributed by atoms with E-state index < -0.39 is 0 Å². The highest BCUT2D eigenvalue weighted by Crippen LogP contribution is 2.28. The molecule has 0 radical (unpaired) electrons. The molecule has 1 nitrogen and oxygen atoms in total. The number of anilines is 1. The van der Waals surface area contributed by atoms with E-state index in [9.17, 15) is 0 Å². The second kappa shape index (κ2) is 6.85. The van der Waals surface area contributed by atoms with Gasteiger partial charge in [0.05, 0.1) is 0 Å². The van der Waals surface area contributed by atoms with E-state index in [1.807, 2.05) is 11.8 Å². The van der Waals surface area contributed by atoms with Crippen molar-refractivity contribution < 1.29 is 0 Å². The third kappa shape index (κ3) is 3.45. The first-order chi connectivity index (χ1) is 8.74. The fourth-order valence-electron chi connectivity index (χ4n) is 2.67. The molecule has 1 aliphatic heterocycles. The summed E-state index contributed by atoms with van der Waals surface area (Å²) in [6, 6.07) is 6.84. The van der Waals surface area contributed by atoms with Crippen LogP contribution >= 0.6 is 27.7 Å². The highest BCUT2D eigenvalue weighted by atomic mass is 79.9. The lowest BCUT2D eigenvalue weighted by atomic mass is 10.1. The molecule has 1 aliphatic rings. The molecular weight excluding hydrogens is 306 g/mol. The van der Waals surface area contributed by atoms with Crippen molar-refractivity contribution >= 4 is 33.4 Å². The Kier molecular flexibility index (Phi) is 5.43. The van der Waals surface area contributed by atoms with Crippen LogP contribution in [0.2, 0.25) is 0 Å². The lowest BCUT2D eigenvalue weighted by Crippen LogP contribution is -2.25. The fraction of sp³-hybridized carbons (Fsp3) is 0.600. The van der Waals surface area contributed by atoms with Crippen LogP contribution in [0.5, 0.6) is 0 Å². The van der Waals surface area contributed by atoms with Crippen LogP contribution in [0.25, 0.3) is 0 Å². The van der Waals surface area contributed by atoms with Gasteiger partial charge in [0.25, 0.3) is 0 Å². The van der Waals surface area contributed by atoms with Crippen LogP contribution < -0.4 is 4.90 Å². The molecule has 0 saturated carbocycles. The zero-order chi connectivity index (χ0) is 13.0. The topological polar surface area (TPSA) is 3.24 Å². The van der Waals surface area contributed by atoms with Crippen LogP contribution in [-0.2, 0) is 5.33 Å². The van der Waals surface area contributed by atoms with Gasteiger partial charge in [0.1, 0.15) is 0 Å². The highest BCUT2D eigenvalue weighted by molar-refractivity contribution is 9.08. The van der Waals surface area contributed by atoms with Crippen LogP contribution in [0.1, 0.15) is 30.4 Å². The van der Waals surface area contributed by atoms with Crippen LogP contribution in [0.3, 0.4) is 0 Å². The van der Waals surface area contributed by atoms with E-state index >= 15 is 0 Å². The molecule has 1 fully saturated rings. The molecule has 1 heterocycles. The maximum atomic E-state index is 3.62. The Hall–Kier alpha value is -0.150. The quantitative estimate of drug-likeness (QED) is 0.745. The summed E-state index contributed by atoms with van der Waals surface area (Å²) in [4.78, 5) is 2.58. The Morgan fingerprint density at radius 3 is 2.89 bits per heavy atom. The van der Waals surface area contributed by atoms with Gasteiger partial charge >= 0.3 is 0 Å². The standard InChI is InChI=1S/C15H22BrNS/c1-12-5-6-15(13(10-12)11-16)17-8-3-4-14(18-2)7-9-17/h5-6,10,14H,3-4,7-9,11H2,1-2H3. The molecule has 1 aromatic carbocycles. The first-order valence-electron chi connectivity index (χ1n) is 6.68. The average molecular weight is 328 g/mol. The number of hydrogen-bond acceptors (Lipinski definition) is 2. The normalized spacial score (nSPS) is 20.8. The number of aryl methyl sites for hydroxylation is 1. The molecule has 1 saturated heterocycles. The zero-order valence-electron chi connectivity index (χ0n) is 11.3. The molecule has 18 heavy (non-hydrogen) atoms. The minimum absolute atomic E-state index is 0.855. The van der Waals surface area contributed by atoms with Gasteiger partial charge in [-0.2, -0.15) is 11.8 Å². The van der Waals surface area contributed by atoms with E-state index in [1.54, 1.807) is 0 Å².